The highest BCUT2D eigenvalue weighted by molar-refractivity contribution is 7.89. The molecule has 2 rings (SSSR count). The zero-order valence-corrected chi connectivity index (χ0v) is 12.8. The molecule has 0 saturated heterocycles. The van der Waals surface area contributed by atoms with Gasteiger partial charge in [-0.2, -0.15) is 9.57 Å². The number of nitriles is 1. The molecule has 0 radical (unpaired) electrons. The first-order valence-corrected chi connectivity index (χ1v) is 7.90. The number of sulfonamides is 1. The van der Waals surface area contributed by atoms with Crippen molar-refractivity contribution in [2.45, 2.75) is 18.4 Å². The predicted molar refractivity (Wildman–Crippen MR) is 81.0 cm³/mol. The van der Waals surface area contributed by atoms with Crippen LogP contribution >= 0.6 is 0 Å². The molecule has 0 heterocycles. The third-order valence-corrected chi connectivity index (χ3v) is 5.20. The molecule has 5 heteroatoms. The molecule has 0 atom stereocenters. The van der Waals surface area contributed by atoms with Gasteiger partial charge >= 0.3 is 0 Å². The van der Waals surface area contributed by atoms with E-state index >= 15 is 0 Å². The average molecular weight is 300 g/mol. The van der Waals surface area contributed by atoms with E-state index in [1.54, 1.807) is 26.1 Å². The first-order valence-electron chi connectivity index (χ1n) is 6.46. The number of hydrogen-bond acceptors (Lipinski definition) is 3. The van der Waals surface area contributed by atoms with Gasteiger partial charge in [0.15, 0.2) is 0 Å². The van der Waals surface area contributed by atoms with Crippen LogP contribution in [0.25, 0.3) is 0 Å². The quantitative estimate of drug-likeness (QED) is 0.872. The van der Waals surface area contributed by atoms with Crippen LogP contribution < -0.4 is 0 Å². The number of hydrogen-bond donors (Lipinski definition) is 0. The molecule has 0 bridgehead atoms. The lowest BCUT2D eigenvalue weighted by atomic mass is 10.2. The number of rotatable bonds is 4. The van der Waals surface area contributed by atoms with Crippen molar-refractivity contribution in [2.75, 3.05) is 7.05 Å². The Labute approximate surface area is 125 Å². The van der Waals surface area contributed by atoms with Crippen molar-refractivity contribution in [1.82, 2.24) is 4.31 Å². The van der Waals surface area contributed by atoms with E-state index in [-0.39, 0.29) is 4.90 Å². The highest BCUT2D eigenvalue weighted by Gasteiger charge is 2.23. The minimum atomic E-state index is -3.62. The minimum absolute atomic E-state index is 0.181. The Hall–Kier alpha value is -2.16. The molecule has 0 aliphatic heterocycles. The van der Waals surface area contributed by atoms with Crippen molar-refractivity contribution in [2.24, 2.45) is 0 Å². The molecule has 0 spiro atoms. The zero-order valence-electron chi connectivity index (χ0n) is 11.9. The fourth-order valence-corrected chi connectivity index (χ4v) is 3.45. The fraction of sp³-hybridized carbons (Fsp3) is 0.188. The largest absolute Gasteiger partial charge is 0.243 e. The van der Waals surface area contributed by atoms with Gasteiger partial charge in [-0.25, -0.2) is 8.42 Å². The SMILES string of the molecule is Cc1ccc(C#N)cc1S(=O)(=O)N(C)Cc1ccccc1. The molecule has 0 amide bonds. The van der Waals surface area contributed by atoms with E-state index in [1.165, 1.54) is 10.4 Å². The summed E-state index contributed by atoms with van der Waals surface area (Å²) in [6.45, 7) is 2.02. The second kappa shape index (κ2) is 6.08. The smallest absolute Gasteiger partial charge is 0.207 e. The van der Waals surface area contributed by atoms with Gasteiger partial charge in [-0.15, -0.1) is 0 Å². The zero-order chi connectivity index (χ0) is 15.5. The molecule has 0 unspecified atom stereocenters. The Morgan fingerprint density at radius 2 is 1.81 bits per heavy atom. The van der Waals surface area contributed by atoms with Crippen molar-refractivity contribution in [3.05, 3.63) is 65.2 Å². The monoisotopic (exact) mass is 300 g/mol. The van der Waals surface area contributed by atoms with Crippen LogP contribution in [-0.4, -0.2) is 19.8 Å². The van der Waals surface area contributed by atoms with E-state index in [9.17, 15) is 8.42 Å². The van der Waals surface area contributed by atoms with Crippen LogP contribution in [0.2, 0.25) is 0 Å². The van der Waals surface area contributed by atoms with Gasteiger partial charge in [-0.3, -0.25) is 0 Å². The standard InChI is InChI=1S/C16H16N2O2S/c1-13-8-9-15(11-17)10-16(13)21(19,20)18(2)12-14-6-4-3-5-7-14/h3-10H,12H2,1-2H3. The van der Waals surface area contributed by atoms with Gasteiger partial charge in [-0.1, -0.05) is 36.4 Å². The predicted octanol–water partition coefficient (Wildman–Crippen LogP) is 2.69. The summed E-state index contributed by atoms with van der Waals surface area (Å²) < 4.78 is 26.6. The lowest BCUT2D eigenvalue weighted by Crippen LogP contribution is -2.27. The Balaban J connectivity index is 2.36. The molecule has 21 heavy (non-hydrogen) atoms. The molecule has 0 N–H and O–H groups in total. The van der Waals surface area contributed by atoms with Crippen LogP contribution in [0, 0.1) is 18.3 Å². The highest BCUT2D eigenvalue weighted by Crippen LogP contribution is 2.21. The topological polar surface area (TPSA) is 61.2 Å². The highest BCUT2D eigenvalue weighted by atomic mass is 32.2. The van der Waals surface area contributed by atoms with Gasteiger partial charge in [0.2, 0.25) is 10.0 Å². The Bertz CT molecular complexity index is 778. The Morgan fingerprint density at radius 1 is 1.14 bits per heavy atom. The Morgan fingerprint density at radius 3 is 2.43 bits per heavy atom. The minimum Gasteiger partial charge on any atom is -0.207 e. The molecule has 0 aromatic heterocycles. The molecular weight excluding hydrogens is 284 g/mol. The Kier molecular flexibility index (Phi) is 4.41. The van der Waals surface area contributed by atoms with Crippen LogP contribution in [0.4, 0.5) is 0 Å². The van der Waals surface area contributed by atoms with E-state index in [4.69, 9.17) is 5.26 Å². The molecule has 2 aromatic carbocycles. The molecule has 108 valence electrons. The summed E-state index contributed by atoms with van der Waals surface area (Å²) in [7, 11) is -2.08. The van der Waals surface area contributed by atoms with Crippen LogP contribution in [0.15, 0.2) is 53.4 Å². The van der Waals surface area contributed by atoms with Crippen LogP contribution in [0.1, 0.15) is 16.7 Å². The normalized spacial score (nSPS) is 11.3. The molecule has 2 aromatic rings. The van der Waals surface area contributed by atoms with E-state index in [1.807, 2.05) is 36.4 Å². The molecule has 0 saturated carbocycles. The summed E-state index contributed by atoms with van der Waals surface area (Å²) in [5.74, 6) is 0. The lowest BCUT2D eigenvalue weighted by Gasteiger charge is -2.18. The summed E-state index contributed by atoms with van der Waals surface area (Å²) in [6.07, 6.45) is 0. The van der Waals surface area contributed by atoms with Crippen LogP contribution in [-0.2, 0) is 16.6 Å². The third-order valence-electron chi connectivity index (χ3n) is 3.25. The summed E-state index contributed by atoms with van der Waals surface area (Å²) in [4.78, 5) is 0.181. The maximum atomic E-state index is 12.6. The van der Waals surface area contributed by atoms with Crippen molar-refractivity contribution < 1.29 is 8.42 Å². The second-order valence-corrected chi connectivity index (χ2v) is 6.85. The summed E-state index contributed by atoms with van der Waals surface area (Å²) in [5, 5.41) is 8.93. The molecule has 4 nitrogen and oxygen atoms in total. The molecule has 0 aliphatic rings. The fourth-order valence-electron chi connectivity index (χ4n) is 2.04. The van der Waals surface area contributed by atoms with Crippen molar-refractivity contribution in [1.29, 1.82) is 5.26 Å². The van der Waals surface area contributed by atoms with Gasteiger partial charge in [0.25, 0.3) is 0 Å². The lowest BCUT2D eigenvalue weighted by molar-refractivity contribution is 0.466. The number of nitrogens with zero attached hydrogens (tertiary/aromatic N) is 2. The summed E-state index contributed by atoms with van der Waals surface area (Å²) in [6, 6.07) is 16.1. The summed E-state index contributed by atoms with van der Waals surface area (Å²) >= 11 is 0. The molecular formula is C16H16N2O2S. The van der Waals surface area contributed by atoms with Gasteiger partial charge < -0.3 is 0 Å². The van der Waals surface area contributed by atoms with Crippen molar-refractivity contribution in [3.63, 3.8) is 0 Å². The van der Waals surface area contributed by atoms with Crippen LogP contribution in [0.5, 0.6) is 0 Å². The van der Waals surface area contributed by atoms with E-state index in [0.717, 1.165) is 5.56 Å². The summed E-state index contributed by atoms with van der Waals surface area (Å²) in [5.41, 5.74) is 1.89. The first kappa shape index (κ1) is 15.2. The van der Waals surface area contributed by atoms with Crippen molar-refractivity contribution in [3.8, 4) is 6.07 Å². The van der Waals surface area contributed by atoms with Gasteiger partial charge in [0.05, 0.1) is 16.5 Å². The average Bonchev–Trinajstić information content (AvgIpc) is 2.48. The van der Waals surface area contributed by atoms with Crippen LogP contribution in [0.3, 0.4) is 0 Å². The molecule has 0 aliphatic carbocycles. The number of benzene rings is 2. The number of aryl methyl sites for hydroxylation is 1. The second-order valence-electron chi connectivity index (χ2n) is 4.84. The first-order chi connectivity index (χ1) is 9.95. The third kappa shape index (κ3) is 3.30. The van der Waals surface area contributed by atoms with E-state index in [0.29, 0.717) is 17.7 Å². The van der Waals surface area contributed by atoms with E-state index in [2.05, 4.69) is 0 Å². The van der Waals surface area contributed by atoms with Gasteiger partial charge in [0, 0.05) is 13.6 Å². The van der Waals surface area contributed by atoms with Crippen molar-refractivity contribution >= 4 is 10.0 Å². The van der Waals surface area contributed by atoms with E-state index < -0.39 is 10.0 Å². The van der Waals surface area contributed by atoms with Gasteiger partial charge in [0.1, 0.15) is 0 Å². The maximum absolute atomic E-state index is 12.6. The molecule has 0 fully saturated rings. The van der Waals surface area contributed by atoms with Gasteiger partial charge in [-0.05, 0) is 30.2 Å². The maximum Gasteiger partial charge on any atom is 0.243 e.